The van der Waals surface area contributed by atoms with Gasteiger partial charge in [0.25, 0.3) is 11.6 Å². The van der Waals surface area contributed by atoms with E-state index in [9.17, 15) is 30.3 Å². The lowest BCUT2D eigenvalue weighted by atomic mass is 10.2. The summed E-state index contributed by atoms with van der Waals surface area (Å²) in [6, 6.07) is 2.61. The van der Waals surface area contributed by atoms with Crippen molar-refractivity contribution in [2.75, 3.05) is 0 Å². The van der Waals surface area contributed by atoms with Gasteiger partial charge in [-0.2, -0.15) is 0 Å². The minimum atomic E-state index is -1.00. The first-order chi connectivity index (χ1) is 8.81. The highest BCUT2D eigenvalue weighted by atomic mass is 16.7. The van der Waals surface area contributed by atoms with Gasteiger partial charge in [0, 0.05) is 6.07 Å². The molecule has 0 bridgehead atoms. The number of rotatable bonds is 4. The molecule has 0 aromatic heterocycles. The number of nitrogens with one attached hydrogen (secondary N) is 1. The van der Waals surface area contributed by atoms with Gasteiger partial charge in [-0.3, -0.25) is 20.2 Å². The van der Waals surface area contributed by atoms with Crippen LogP contribution in [0.4, 0.5) is 17.1 Å². The molecule has 12 nitrogen and oxygen atoms in total. The standard InChI is InChI=1S/C7H6N6O6/c8-7(10-13(18)19)9-5-2-1-4(11(14)15)3-6(5)12(16)17/h1-3H,(H3,8,9,10). The molecule has 1 aromatic rings. The summed E-state index contributed by atoms with van der Waals surface area (Å²) in [5, 5.41) is 30.3. The molecule has 0 amide bonds. The molecule has 12 heteroatoms. The summed E-state index contributed by atoms with van der Waals surface area (Å²) in [6.45, 7) is 0. The van der Waals surface area contributed by atoms with E-state index in [1.54, 1.807) is 0 Å². The fourth-order valence-corrected chi connectivity index (χ4v) is 1.11. The van der Waals surface area contributed by atoms with Crippen molar-refractivity contribution < 1.29 is 14.9 Å². The Balaban J connectivity index is 3.24. The number of nitrogens with two attached hydrogens (primary N) is 1. The molecule has 1 rings (SSSR count). The van der Waals surface area contributed by atoms with Gasteiger partial charge in [0.1, 0.15) is 5.69 Å². The number of guanidine groups is 1. The van der Waals surface area contributed by atoms with Gasteiger partial charge in [-0.25, -0.2) is 15.1 Å². The van der Waals surface area contributed by atoms with Gasteiger partial charge in [-0.05, 0) is 6.07 Å². The lowest BCUT2D eigenvalue weighted by Crippen LogP contribution is -2.35. The van der Waals surface area contributed by atoms with Crippen LogP contribution in [-0.4, -0.2) is 20.8 Å². The molecule has 0 unspecified atom stereocenters. The van der Waals surface area contributed by atoms with E-state index in [0.29, 0.717) is 6.07 Å². The van der Waals surface area contributed by atoms with Crippen molar-refractivity contribution in [3.8, 4) is 0 Å². The number of benzene rings is 1. The highest BCUT2D eigenvalue weighted by molar-refractivity contribution is 5.81. The summed E-state index contributed by atoms with van der Waals surface area (Å²) in [7, 11) is 0. The van der Waals surface area contributed by atoms with E-state index in [1.165, 1.54) is 5.43 Å². The maximum absolute atomic E-state index is 10.7. The number of aliphatic imine (C=N–C) groups is 1. The summed E-state index contributed by atoms with van der Waals surface area (Å²) in [5.41, 5.74) is 5.06. The zero-order chi connectivity index (χ0) is 14.6. The molecule has 0 aliphatic heterocycles. The van der Waals surface area contributed by atoms with Crippen molar-refractivity contribution in [2.24, 2.45) is 10.7 Å². The zero-order valence-corrected chi connectivity index (χ0v) is 9.05. The lowest BCUT2D eigenvalue weighted by Gasteiger charge is -1.99. The van der Waals surface area contributed by atoms with Crippen LogP contribution in [0.2, 0.25) is 0 Å². The molecule has 1 aromatic carbocycles. The number of non-ortho nitro benzene ring substituents is 1. The number of nitro benzene ring substituents is 2. The predicted octanol–water partition coefficient (Wildman–Crippen LogP) is 0.231. The largest absolute Gasteiger partial charge is 0.365 e. The quantitative estimate of drug-likeness (QED) is 0.337. The number of nitrogens with zero attached hydrogens (tertiary/aromatic N) is 4. The average molecular weight is 270 g/mol. The topological polar surface area (TPSA) is 180 Å². The van der Waals surface area contributed by atoms with Gasteiger partial charge >= 0.3 is 5.69 Å². The Hall–Kier alpha value is -3.31. The minimum absolute atomic E-state index is 0.345. The maximum Gasteiger partial charge on any atom is 0.301 e. The second-order valence-corrected chi connectivity index (χ2v) is 3.05. The monoisotopic (exact) mass is 270 g/mol. The van der Waals surface area contributed by atoms with Crippen LogP contribution >= 0.6 is 0 Å². The Morgan fingerprint density at radius 2 is 1.79 bits per heavy atom. The molecule has 0 saturated carbocycles. The van der Waals surface area contributed by atoms with Crippen LogP contribution in [-0.2, 0) is 0 Å². The molecular formula is C7H6N6O6. The third kappa shape index (κ3) is 3.58. The van der Waals surface area contributed by atoms with E-state index in [0.717, 1.165) is 12.1 Å². The van der Waals surface area contributed by atoms with Crippen molar-refractivity contribution in [1.29, 1.82) is 0 Å². The van der Waals surface area contributed by atoms with Crippen molar-refractivity contribution in [2.45, 2.75) is 0 Å². The summed E-state index contributed by atoms with van der Waals surface area (Å²) < 4.78 is 0. The minimum Gasteiger partial charge on any atom is -0.365 e. The van der Waals surface area contributed by atoms with Crippen LogP contribution in [0, 0.1) is 30.3 Å². The normalized spacial score (nSPS) is 10.8. The first-order valence-corrected chi connectivity index (χ1v) is 4.49. The third-order valence-electron chi connectivity index (χ3n) is 1.81. The molecule has 0 aliphatic carbocycles. The first-order valence-electron chi connectivity index (χ1n) is 4.49. The van der Waals surface area contributed by atoms with E-state index in [-0.39, 0.29) is 5.69 Å². The van der Waals surface area contributed by atoms with Crippen molar-refractivity contribution in [3.63, 3.8) is 0 Å². The van der Waals surface area contributed by atoms with E-state index in [4.69, 9.17) is 5.73 Å². The van der Waals surface area contributed by atoms with Gasteiger partial charge in [-0.1, -0.05) is 5.43 Å². The molecular weight excluding hydrogens is 264 g/mol. The van der Waals surface area contributed by atoms with Crippen molar-refractivity contribution >= 4 is 23.0 Å². The van der Waals surface area contributed by atoms with Crippen LogP contribution in [0.25, 0.3) is 0 Å². The first kappa shape index (κ1) is 13.8. The summed E-state index contributed by atoms with van der Waals surface area (Å²) in [5.74, 6) is -0.693. The van der Waals surface area contributed by atoms with Gasteiger partial charge < -0.3 is 5.73 Å². The summed E-state index contributed by atoms with van der Waals surface area (Å²) >= 11 is 0. The van der Waals surface area contributed by atoms with Crippen LogP contribution in [0.3, 0.4) is 0 Å². The third-order valence-corrected chi connectivity index (χ3v) is 1.81. The maximum atomic E-state index is 10.7. The van der Waals surface area contributed by atoms with Crippen LogP contribution in [0.15, 0.2) is 23.2 Å². The van der Waals surface area contributed by atoms with E-state index in [2.05, 4.69) is 4.99 Å². The fraction of sp³-hybridized carbons (Fsp3) is 0. The van der Waals surface area contributed by atoms with Crippen LogP contribution < -0.4 is 11.2 Å². The Kier molecular flexibility index (Phi) is 3.87. The molecule has 0 fully saturated rings. The van der Waals surface area contributed by atoms with E-state index < -0.39 is 32.2 Å². The van der Waals surface area contributed by atoms with Gasteiger partial charge in [-0.15, -0.1) is 0 Å². The average Bonchev–Trinajstić information content (AvgIpc) is 2.27. The number of hydrogen-bond acceptors (Lipinski definition) is 7. The Morgan fingerprint density at radius 3 is 2.26 bits per heavy atom. The molecule has 0 heterocycles. The molecule has 0 radical (unpaired) electrons. The van der Waals surface area contributed by atoms with Crippen LogP contribution in [0.1, 0.15) is 0 Å². The molecule has 0 saturated heterocycles. The van der Waals surface area contributed by atoms with E-state index >= 15 is 0 Å². The molecule has 100 valence electrons. The Morgan fingerprint density at radius 1 is 1.16 bits per heavy atom. The zero-order valence-electron chi connectivity index (χ0n) is 9.05. The van der Waals surface area contributed by atoms with Gasteiger partial charge in [0.05, 0.1) is 15.9 Å². The van der Waals surface area contributed by atoms with Gasteiger partial charge in [0.2, 0.25) is 0 Å². The van der Waals surface area contributed by atoms with Crippen LogP contribution in [0.5, 0.6) is 0 Å². The molecule has 0 atom stereocenters. The SMILES string of the molecule is NC(=Nc1ccc([N+](=O)[O-])cc1[N+](=O)[O-])N[N+](=O)[O-]. The fourth-order valence-electron chi connectivity index (χ4n) is 1.11. The second kappa shape index (κ2) is 5.35. The summed E-state index contributed by atoms with van der Waals surface area (Å²) in [4.78, 5) is 32.9. The highest BCUT2D eigenvalue weighted by Crippen LogP contribution is 2.30. The molecule has 0 aliphatic rings. The number of hydrazine groups is 1. The molecule has 19 heavy (non-hydrogen) atoms. The molecule has 0 spiro atoms. The van der Waals surface area contributed by atoms with E-state index in [1.807, 2.05) is 0 Å². The summed E-state index contributed by atoms with van der Waals surface area (Å²) in [6.07, 6.45) is 0. The van der Waals surface area contributed by atoms with Crippen molar-refractivity contribution in [1.82, 2.24) is 5.43 Å². The second-order valence-electron chi connectivity index (χ2n) is 3.05. The molecule has 3 N–H and O–H groups in total. The number of nitro groups is 3. The highest BCUT2D eigenvalue weighted by Gasteiger charge is 2.19. The van der Waals surface area contributed by atoms with Gasteiger partial charge in [0.15, 0.2) is 5.03 Å². The lowest BCUT2D eigenvalue weighted by molar-refractivity contribution is -0.525. The predicted molar refractivity (Wildman–Crippen MR) is 61.2 cm³/mol. The smallest absolute Gasteiger partial charge is 0.301 e. The Bertz CT molecular complexity index is 583. The number of hydrogen-bond donors (Lipinski definition) is 2. The van der Waals surface area contributed by atoms with Crippen molar-refractivity contribution in [3.05, 3.63) is 48.5 Å². The Labute approximate surface area is 104 Å².